The Morgan fingerprint density at radius 2 is 1.76 bits per heavy atom. The van der Waals surface area contributed by atoms with Crippen molar-refractivity contribution in [3.63, 3.8) is 0 Å². The van der Waals surface area contributed by atoms with Crippen LogP contribution in [-0.4, -0.2) is 28.7 Å². The lowest BCUT2D eigenvalue weighted by Gasteiger charge is -2.13. The van der Waals surface area contributed by atoms with Gasteiger partial charge in [0.05, 0.1) is 29.5 Å². The summed E-state index contributed by atoms with van der Waals surface area (Å²) in [6, 6.07) is 19.6. The van der Waals surface area contributed by atoms with Crippen LogP contribution in [0.15, 0.2) is 67.0 Å². The number of fused-ring (bicyclic) bond motifs is 2. The first-order chi connectivity index (χ1) is 16.2. The molecule has 33 heavy (non-hydrogen) atoms. The van der Waals surface area contributed by atoms with E-state index in [1.807, 2.05) is 61.5 Å². The summed E-state index contributed by atoms with van der Waals surface area (Å²) in [5.41, 5.74) is 2.62. The lowest BCUT2D eigenvalue weighted by Crippen LogP contribution is -2.00. The largest absolute Gasteiger partial charge is 0.494 e. The fourth-order valence-corrected chi connectivity index (χ4v) is 4.38. The fourth-order valence-electron chi connectivity index (χ4n) is 3.50. The average Bonchev–Trinajstić information content (AvgIpc) is 3.27. The van der Waals surface area contributed by atoms with Crippen LogP contribution in [-0.2, 0) is 6.61 Å². The van der Waals surface area contributed by atoms with Crippen LogP contribution in [0.1, 0.15) is 11.9 Å². The molecule has 1 N–H and O–H groups in total. The van der Waals surface area contributed by atoms with Crippen LogP contribution in [0.5, 0.6) is 17.2 Å². The molecule has 0 unspecified atom stereocenters. The highest BCUT2D eigenvalue weighted by atomic mass is 32.1. The van der Waals surface area contributed by atoms with E-state index < -0.39 is 0 Å². The number of para-hydroxylation sites is 1. The van der Waals surface area contributed by atoms with Crippen molar-refractivity contribution in [3.8, 4) is 17.2 Å². The highest BCUT2D eigenvalue weighted by Gasteiger charge is 2.13. The minimum atomic E-state index is 0.344. The molecule has 0 bridgehead atoms. The molecule has 0 saturated carbocycles. The molecule has 2 heterocycles. The third-order valence-corrected chi connectivity index (χ3v) is 6.05. The second-order valence-corrected chi connectivity index (χ2v) is 8.30. The molecule has 5 aromatic rings. The summed E-state index contributed by atoms with van der Waals surface area (Å²) < 4.78 is 18.3. The van der Waals surface area contributed by atoms with Crippen molar-refractivity contribution >= 4 is 44.0 Å². The molecule has 0 fully saturated rings. The summed E-state index contributed by atoms with van der Waals surface area (Å²) in [6.45, 7) is 2.94. The van der Waals surface area contributed by atoms with Gasteiger partial charge in [0.1, 0.15) is 29.5 Å². The van der Waals surface area contributed by atoms with Crippen molar-refractivity contribution in [2.45, 2.75) is 13.5 Å². The number of benzene rings is 3. The topological polar surface area (TPSA) is 78.4 Å². The van der Waals surface area contributed by atoms with E-state index in [9.17, 15) is 0 Å². The second kappa shape index (κ2) is 9.30. The Bertz CT molecular complexity index is 1370. The number of ether oxygens (including phenoxy) is 3. The van der Waals surface area contributed by atoms with E-state index in [0.717, 1.165) is 37.6 Å². The molecule has 5 rings (SSSR count). The molecule has 2 aromatic heterocycles. The highest BCUT2D eigenvalue weighted by Crippen LogP contribution is 2.35. The van der Waals surface area contributed by atoms with Crippen LogP contribution in [0.2, 0.25) is 0 Å². The van der Waals surface area contributed by atoms with Crippen molar-refractivity contribution in [1.29, 1.82) is 0 Å². The number of nitrogens with zero attached hydrogens (tertiary/aromatic N) is 3. The molecule has 0 atom stereocenters. The van der Waals surface area contributed by atoms with Crippen LogP contribution in [0, 0.1) is 0 Å². The van der Waals surface area contributed by atoms with Crippen LogP contribution in [0.4, 0.5) is 11.5 Å². The number of hydrogen-bond acceptors (Lipinski definition) is 8. The first-order valence-corrected chi connectivity index (χ1v) is 11.3. The van der Waals surface area contributed by atoms with Gasteiger partial charge in [0.2, 0.25) is 0 Å². The highest BCUT2D eigenvalue weighted by molar-refractivity contribution is 7.18. The summed E-state index contributed by atoms with van der Waals surface area (Å²) in [7, 11) is 1.62. The van der Waals surface area contributed by atoms with Gasteiger partial charge in [-0.3, -0.25) is 0 Å². The van der Waals surface area contributed by atoms with Gasteiger partial charge in [0, 0.05) is 17.1 Å². The van der Waals surface area contributed by atoms with E-state index in [1.54, 1.807) is 18.4 Å². The van der Waals surface area contributed by atoms with Crippen molar-refractivity contribution in [2.75, 3.05) is 19.0 Å². The lowest BCUT2D eigenvalue weighted by molar-refractivity contribution is 0.285. The van der Waals surface area contributed by atoms with Gasteiger partial charge < -0.3 is 19.5 Å². The molecular formula is C25H22N4O3S. The Kier molecular flexibility index (Phi) is 5.91. The van der Waals surface area contributed by atoms with Crippen molar-refractivity contribution in [1.82, 2.24) is 15.0 Å². The zero-order valence-electron chi connectivity index (χ0n) is 18.2. The zero-order valence-corrected chi connectivity index (χ0v) is 19.1. The maximum absolute atomic E-state index is 6.12. The van der Waals surface area contributed by atoms with Crippen molar-refractivity contribution in [2.24, 2.45) is 0 Å². The molecule has 0 saturated heterocycles. The lowest BCUT2D eigenvalue weighted by atomic mass is 10.2. The average molecular weight is 459 g/mol. The molecule has 0 spiro atoms. The minimum absolute atomic E-state index is 0.344. The van der Waals surface area contributed by atoms with Gasteiger partial charge in [0.25, 0.3) is 0 Å². The molecule has 0 aliphatic rings. The van der Waals surface area contributed by atoms with Gasteiger partial charge in [-0.1, -0.05) is 12.1 Å². The van der Waals surface area contributed by atoms with Crippen molar-refractivity contribution in [3.05, 3.63) is 72.0 Å². The Hall–Kier alpha value is -3.91. The molecule has 8 heteroatoms. The van der Waals surface area contributed by atoms with E-state index in [4.69, 9.17) is 14.2 Å². The molecule has 3 aromatic carbocycles. The number of thiazole rings is 1. The molecule has 7 nitrogen and oxygen atoms in total. The third kappa shape index (κ3) is 4.51. The maximum atomic E-state index is 6.12. The molecular weight excluding hydrogens is 436 g/mol. The number of methoxy groups -OCH3 is 1. The predicted octanol–water partition coefficient (Wildman–Crippen LogP) is 5.97. The van der Waals surface area contributed by atoms with Crippen LogP contribution in [0.3, 0.4) is 0 Å². The molecule has 166 valence electrons. The summed E-state index contributed by atoms with van der Waals surface area (Å²) in [5, 5.41) is 5.08. The molecule has 0 radical (unpaired) electrons. The zero-order chi connectivity index (χ0) is 22.6. The van der Waals surface area contributed by atoms with Crippen LogP contribution < -0.4 is 19.5 Å². The molecule has 0 aliphatic heterocycles. The van der Waals surface area contributed by atoms with Crippen LogP contribution >= 0.6 is 11.3 Å². The summed E-state index contributed by atoms with van der Waals surface area (Å²) in [6.07, 6.45) is 1.53. The maximum Gasteiger partial charge on any atom is 0.162 e. The van der Waals surface area contributed by atoms with E-state index in [0.29, 0.717) is 30.5 Å². The molecule has 0 aliphatic carbocycles. The van der Waals surface area contributed by atoms with Gasteiger partial charge in [0.15, 0.2) is 11.5 Å². The van der Waals surface area contributed by atoms with Gasteiger partial charge >= 0.3 is 0 Å². The van der Waals surface area contributed by atoms with Gasteiger partial charge in [-0.05, 0) is 49.4 Å². The number of rotatable bonds is 8. The van der Waals surface area contributed by atoms with Gasteiger partial charge in [-0.15, -0.1) is 11.3 Å². The standard InChI is InChI=1S/C25H22N4O3S/c1-3-31-17-10-8-16(9-11-17)28-25-18-12-22(21(30-2)13-20(18)26-15-27-25)32-14-24-29-19-6-4-5-7-23(19)33-24/h4-13,15H,3,14H2,1-2H3,(H,26,27,28). The molecule has 0 amide bonds. The van der Waals surface area contributed by atoms with Gasteiger partial charge in [-0.25, -0.2) is 15.0 Å². The Morgan fingerprint density at radius 1 is 0.909 bits per heavy atom. The number of aromatic nitrogens is 3. The number of hydrogen-bond donors (Lipinski definition) is 1. The quantitative estimate of drug-likeness (QED) is 0.307. The number of nitrogens with one attached hydrogen (secondary N) is 1. The van der Waals surface area contributed by atoms with Gasteiger partial charge in [-0.2, -0.15) is 0 Å². The first-order valence-electron chi connectivity index (χ1n) is 10.5. The van der Waals surface area contributed by atoms with E-state index in [2.05, 4.69) is 26.3 Å². The third-order valence-electron chi connectivity index (χ3n) is 5.04. The van der Waals surface area contributed by atoms with E-state index >= 15 is 0 Å². The number of anilines is 2. The first kappa shape index (κ1) is 21.0. The smallest absolute Gasteiger partial charge is 0.162 e. The Morgan fingerprint density at radius 3 is 2.55 bits per heavy atom. The monoisotopic (exact) mass is 458 g/mol. The second-order valence-electron chi connectivity index (χ2n) is 7.19. The van der Waals surface area contributed by atoms with E-state index in [-0.39, 0.29) is 0 Å². The van der Waals surface area contributed by atoms with Crippen LogP contribution in [0.25, 0.3) is 21.1 Å². The minimum Gasteiger partial charge on any atom is -0.494 e. The predicted molar refractivity (Wildman–Crippen MR) is 131 cm³/mol. The summed E-state index contributed by atoms with van der Waals surface area (Å²) >= 11 is 1.62. The normalized spacial score (nSPS) is 11.0. The Labute approximate surface area is 195 Å². The van der Waals surface area contributed by atoms with Crippen molar-refractivity contribution < 1.29 is 14.2 Å². The summed E-state index contributed by atoms with van der Waals surface area (Å²) in [4.78, 5) is 13.5. The fraction of sp³-hybridized carbons (Fsp3) is 0.160. The SMILES string of the molecule is CCOc1ccc(Nc2ncnc3cc(OC)c(OCc4nc5ccccc5s4)cc23)cc1. The summed E-state index contributed by atoms with van der Waals surface area (Å²) in [5.74, 6) is 2.71. The van der Waals surface area contributed by atoms with E-state index in [1.165, 1.54) is 6.33 Å². The Balaban J connectivity index is 1.43.